The largest absolute Gasteiger partial charge is 0.362 e. The first kappa shape index (κ1) is 16.5. The number of anilines is 1. The Hall–Kier alpha value is -0.880. The Kier molecular flexibility index (Phi) is 6.70. The van der Waals surface area contributed by atoms with Crippen molar-refractivity contribution in [1.82, 2.24) is 5.32 Å². The van der Waals surface area contributed by atoms with Crippen molar-refractivity contribution >= 4 is 34.6 Å². The topological polar surface area (TPSA) is 32.9 Å². The van der Waals surface area contributed by atoms with Crippen molar-refractivity contribution in [2.24, 2.45) is 0 Å². The standard InChI is InChI=1S/C15H23ClN4S/c1-19-9-11-20(12-10-19)8-2-7-17-15(21)18-14-5-3-13(16)4-6-14/h3-6H,2,7-12H2,1H3,(H2,17,18,21)/p+2. The van der Waals surface area contributed by atoms with Crippen LogP contribution in [0, 0.1) is 0 Å². The SMILES string of the molecule is C[NH+]1CC[NH+](CCCNC(=S)Nc2ccc(Cl)cc2)CC1. The van der Waals surface area contributed by atoms with Crippen LogP contribution in [-0.4, -0.2) is 51.4 Å². The molecule has 4 nitrogen and oxygen atoms in total. The molecule has 1 saturated heterocycles. The summed E-state index contributed by atoms with van der Waals surface area (Å²) in [6.07, 6.45) is 1.15. The second-order valence-electron chi connectivity index (χ2n) is 5.70. The van der Waals surface area contributed by atoms with Gasteiger partial charge in [-0.05, 0) is 36.5 Å². The molecule has 21 heavy (non-hydrogen) atoms. The van der Waals surface area contributed by atoms with Gasteiger partial charge in [-0.2, -0.15) is 0 Å². The summed E-state index contributed by atoms with van der Waals surface area (Å²) < 4.78 is 0. The molecule has 1 aliphatic heterocycles. The van der Waals surface area contributed by atoms with Crippen molar-refractivity contribution in [1.29, 1.82) is 0 Å². The zero-order valence-corrected chi connectivity index (χ0v) is 14.1. The lowest BCUT2D eigenvalue weighted by Crippen LogP contribution is -3.27. The second kappa shape index (κ2) is 8.54. The van der Waals surface area contributed by atoms with Crippen molar-refractivity contribution in [2.45, 2.75) is 6.42 Å². The summed E-state index contributed by atoms with van der Waals surface area (Å²) in [4.78, 5) is 3.38. The van der Waals surface area contributed by atoms with E-state index in [0.29, 0.717) is 5.11 Å². The molecular formula is C15H25ClN4S+2. The average Bonchev–Trinajstić information content (AvgIpc) is 2.48. The van der Waals surface area contributed by atoms with Crippen LogP contribution in [0.15, 0.2) is 24.3 Å². The van der Waals surface area contributed by atoms with Gasteiger partial charge in [-0.3, -0.25) is 0 Å². The number of halogens is 1. The van der Waals surface area contributed by atoms with Gasteiger partial charge in [0.2, 0.25) is 0 Å². The van der Waals surface area contributed by atoms with Gasteiger partial charge in [0.05, 0.1) is 13.6 Å². The normalized spacial score (nSPS) is 21.8. The smallest absolute Gasteiger partial charge is 0.170 e. The Morgan fingerprint density at radius 1 is 1.19 bits per heavy atom. The summed E-state index contributed by atoms with van der Waals surface area (Å²) in [6.45, 7) is 7.31. The fourth-order valence-corrected chi connectivity index (χ4v) is 2.88. The van der Waals surface area contributed by atoms with Gasteiger partial charge in [-0.15, -0.1) is 0 Å². The Labute approximate surface area is 137 Å². The summed E-state index contributed by atoms with van der Waals surface area (Å²) in [5.41, 5.74) is 0.963. The van der Waals surface area contributed by atoms with Gasteiger partial charge in [0, 0.05) is 23.7 Å². The van der Waals surface area contributed by atoms with E-state index in [2.05, 4.69) is 17.7 Å². The molecule has 1 aromatic rings. The lowest BCUT2D eigenvalue weighted by atomic mass is 10.3. The number of quaternary nitrogens is 2. The molecule has 0 aromatic heterocycles. The predicted molar refractivity (Wildman–Crippen MR) is 92.5 cm³/mol. The first-order valence-electron chi connectivity index (χ1n) is 7.59. The van der Waals surface area contributed by atoms with Crippen molar-refractivity contribution in [3.8, 4) is 0 Å². The molecule has 0 spiro atoms. The van der Waals surface area contributed by atoms with E-state index in [-0.39, 0.29) is 0 Å². The maximum Gasteiger partial charge on any atom is 0.170 e. The molecule has 4 N–H and O–H groups in total. The summed E-state index contributed by atoms with van der Waals surface area (Å²) in [5, 5.41) is 7.84. The van der Waals surface area contributed by atoms with Gasteiger partial charge >= 0.3 is 0 Å². The van der Waals surface area contributed by atoms with Crippen LogP contribution in [0.1, 0.15) is 6.42 Å². The highest BCUT2D eigenvalue weighted by molar-refractivity contribution is 7.80. The molecule has 0 atom stereocenters. The van der Waals surface area contributed by atoms with Gasteiger partial charge in [0.15, 0.2) is 5.11 Å². The van der Waals surface area contributed by atoms with E-state index in [9.17, 15) is 0 Å². The van der Waals surface area contributed by atoms with Crippen molar-refractivity contribution < 1.29 is 9.80 Å². The van der Waals surface area contributed by atoms with Gasteiger partial charge in [0.1, 0.15) is 26.2 Å². The molecule has 6 heteroatoms. The van der Waals surface area contributed by atoms with Crippen LogP contribution in [-0.2, 0) is 0 Å². The highest BCUT2D eigenvalue weighted by Crippen LogP contribution is 2.12. The van der Waals surface area contributed by atoms with E-state index >= 15 is 0 Å². The van der Waals surface area contributed by atoms with Crippen LogP contribution in [0.2, 0.25) is 5.02 Å². The van der Waals surface area contributed by atoms with Crippen LogP contribution in [0.5, 0.6) is 0 Å². The number of thiocarbonyl (C=S) groups is 1. The first-order chi connectivity index (χ1) is 10.1. The van der Waals surface area contributed by atoms with Gasteiger partial charge in [0.25, 0.3) is 0 Å². The summed E-state index contributed by atoms with van der Waals surface area (Å²) in [6, 6.07) is 7.55. The molecule has 2 rings (SSSR count). The molecule has 0 saturated carbocycles. The van der Waals surface area contributed by atoms with Crippen LogP contribution in [0.25, 0.3) is 0 Å². The molecule has 0 bridgehead atoms. The number of hydrogen-bond donors (Lipinski definition) is 4. The molecule has 1 heterocycles. The van der Waals surface area contributed by atoms with E-state index in [1.54, 1.807) is 9.80 Å². The highest BCUT2D eigenvalue weighted by Gasteiger charge is 2.18. The van der Waals surface area contributed by atoms with Gasteiger partial charge < -0.3 is 20.4 Å². The minimum Gasteiger partial charge on any atom is -0.362 e. The van der Waals surface area contributed by atoms with Crippen molar-refractivity contribution in [2.75, 3.05) is 51.6 Å². The molecule has 0 unspecified atom stereocenters. The molecule has 0 amide bonds. The summed E-state index contributed by atoms with van der Waals surface area (Å²) >= 11 is 11.1. The monoisotopic (exact) mass is 328 g/mol. The van der Waals surface area contributed by atoms with Crippen molar-refractivity contribution in [3.05, 3.63) is 29.3 Å². The summed E-state index contributed by atoms with van der Waals surface area (Å²) in [5.74, 6) is 0. The zero-order valence-electron chi connectivity index (χ0n) is 12.5. The third-order valence-corrected chi connectivity index (χ3v) is 4.40. The number of rotatable bonds is 5. The molecule has 1 aromatic carbocycles. The highest BCUT2D eigenvalue weighted by atomic mass is 35.5. The predicted octanol–water partition coefficient (Wildman–Crippen LogP) is -0.570. The Bertz CT molecular complexity index is 443. The summed E-state index contributed by atoms with van der Waals surface area (Å²) in [7, 11) is 2.28. The van der Waals surface area contributed by atoms with Crippen LogP contribution >= 0.6 is 23.8 Å². The van der Waals surface area contributed by atoms with E-state index in [1.165, 1.54) is 32.7 Å². The first-order valence-corrected chi connectivity index (χ1v) is 8.37. The van der Waals surface area contributed by atoms with E-state index in [4.69, 9.17) is 23.8 Å². The maximum absolute atomic E-state index is 5.85. The molecule has 116 valence electrons. The fraction of sp³-hybridized carbons (Fsp3) is 0.533. The maximum atomic E-state index is 5.85. The van der Waals surface area contributed by atoms with Gasteiger partial charge in [-0.1, -0.05) is 11.6 Å². The number of hydrogen-bond acceptors (Lipinski definition) is 1. The molecule has 0 aliphatic carbocycles. The molecule has 0 radical (unpaired) electrons. The number of nitrogens with one attached hydrogen (secondary N) is 4. The Balaban J connectivity index is 1.58. The molecular weight excluding hydrogens is 304 g/mol. The number of likely N-dealkylation sites (N-methyl/N-ethyl adjacent to an activating group) is 1. The minimum atomic E-state index is 0.676. The lowest BCUT2D eigenvalue weighted by molar-refractivity contribution is -1.00. The molecule has 1 aliphatic rings. The average molecular weight is 329 g/mol. The van der Waals surface area contributed by atoms with Gasteiger partial charge in [-0.25, -0.2) is 0 Å². The Morgan fingerprint density at radius 2 is 1.86 bits per heavy atom. The van der Waals surface area contributed by atoms with Crippen LogP contribution in [0.4, 0.5) is 5.69 Å². The number of piperazine rings is 1. The van der Waals surface area contributed by atoms with E-state index < -0.39 is 0 Å². The zero-order chi connectivity index (χ0) is 15.1. The van der Waals surface area contributed by atoms with Crippen molar-refractivity contribution in [3.63, 3.8) is 0 Å². The third-order valence-electron chi connectivity index (χ3n) is 3.91. The fourth-order valence-electron chi connectivity index (χ4n) is 2.53. The second-order valence-corrected chi connectivity index (χ2v) is 6.54. The Morgan fingerprint density at radius 3 is 2.52 bits per heavy atom. The van der Waals surface area contributed by atoms with Crippen LogP contribution in [0.3, 0.4) is 0 Å². The van der Waals surface area contributed by atoms with E-state index in [1.807, 2.05) is 24.3 Å². The lowest BCUT2D eigenvalue weighted by Gasteiger charge is -2.27. The van der Waals surface area contributed by atoms with Crippen LogP contribution < -0.4 is 20.4 Å². The minimum absolute atomic E-state index is 0.676. The quantitative estimate of drug-likeness (QED) is 0.432. The molecule has 1 fully saturated rings. The third kappa shape index (κ3) is 6.18. The van der Waals surface area contributed by atoms with E-state index in [0.717, 1.165) is 23.7 Å². The number of benzene rings is 1.